The SMILES string of the molecule is CC(C)[C@H](NC(=O)c1cccc2cccnc12)C1=CC(Cc2ccccc2)(C(=O)N[C@@H](CC(=O)O)C(=O)COC(=O)c2c(Cl)cccc2Cl)ON1. The number of ketones is 1. The van der Waals surface area contributed by atoms with Crippen LogP contribution in [-0.2, 0) is 30.4 Å². The number of nitrogens with zero attached hydrogens (tertiary/aromatic N) is 1. The summed E-state index contributed by atoms with van der Waals surface area (Å²) in [6.45, 7) is 2.88. The second kappa shape index (κ2) is 16.2. The summed E-state index contributed by atoms with van der Waals surface area (Å²) in [6, 6.07) is 19.9. The number of hydroxylamine groups is 1. The molecule has 1 aliphatic rings. The number of carboxylic acids is 1. The van der Waals surface area contributed by atoms with E-state index < -0.39 is 60.2 Å². The largest absolute Gasteiger partial charge is 0.481 e. The van der Waals surface area contributed by atoms with Crippen molar-refractivity contribution in [2.24, 2.45) is 5.92 Å². The summed E-state index contributed by atoms with van der Waals surface area (Å²) in [6.07, 6.45) is 2.27. The summed E-state index contributed by atoms with van der Waals surface area (Å²) in [4.78, 5) is 75.9. The van der Waals surface area contributed by atoms with Crippen molar-refractivity contribution >= 4 is 63.6 Å². The number of Topliss-reactive ketones (excluding diaryl/α,β-unsaturated/α-hetero) is 1. The fourth-order valence-corrected chi connectivity index (χ4v) is 6.16. The lowest BCUT2D eigenvalue weighted by molar-refractivity contribution is -0.148. The molecule has 1 aliphatic heterocycles. The predicted molar refractivity (Wildman–Crippen MR) is 189 cm³/mol. The fourth-order valence-electron chi connectivity index (χ4n) is 5.60. The Balaban J connectivity index is 1.40. The highest BCUT2D eigenvalue weighted by Gasteiger charge is 2.46. The van der Waals surface area contributed by atoms with Crippen LogP contribution in [0.5, 0.6) is 0 Å². The van der Waals surface area contributed by atoms with Crippen LogP contribution in [0.4, 0.5) is 0 Å². The highest BCUT2D eigenvalue weighted by atomic mass is 35.5. The van der Waals surface area contributed by atoms with Gasteiger partial charge in [0, 0.05) is 18.0 Å². The van der Waals surface area contributed by atoms with E-state index in [0.29, 0.717) is 22.3 Å². The number of carbonyl (C=O) groups excluding carboxylic acids is 4. The van der Waals surface area contributed by atoms with Crippen molar-refractivity contribution in [2.45, 2.75) is 44.4 Å². The molecule has 5 rings (SSSR count). The van der Waals surface area contributed by atoms with E-state index >= 15 is 0 Å². The summed E-state index contributed by atoms with van der Waals surface area (Å²) < 4.78 is 5.12. The monoisotopic (exact) mass is 732 g/mol. The topological polar surface area (TPSA) is 173 Å². The molecule has 3 atom stereocenters. The van der Waals surface area contributed by atoms with Gasteiger partial charge in [0.2, 0.25) is 0 Å². The van der Waals surface area contributed by atoms with Crippen molar-refractivity contribution in [3.05, 3.63) is 124 Å². The number of halogens is 2. The molecule has 14 heteroatoms. The Morgan fingerprint density at radius 2 is 1.61 bits per heavy atom. The number of ether oxygens (including phenoxy) is 1. The number of carboxylic acid groups (broad SMARTS) is 1. The molecule has 2 heterocycles. The van der Waals surface area contributed by atoms with Gasteiger partial charge in [-0.25, -0.2) is 4.79 Å². The molecular formula is C37H34Cl2N4O8. The molecule has 4 aromatic rings. The van der Waals surface area contributed by atoms with Crippen molar-refractivity contribution < 1.29 is 38.7 Å². The number of nitrogens with one attached hydrogen (secondary N) is 3. The quantitative estimate of drug-likeness (QED) is 0.128. The maximum absolute atomic E-state index is 14.1. The zero-order valence-electron chi connectivity index (χ0n) is 27.5. The first kappa shape index (κ1) is 37.0. The number of para-hydroxylation sites is 1. The van der Waals surface area contributed by atoms with Crippen LogP contribution in [-0.4, -0.2) is 63.9 Å². The molecule has 0 saturated heterocycles. The van der Waals surface area contributed by atoms with Crippen molar-refractivity contribution in [2.75, 3.05) is 6.61 Å². The smallest absolute Gasteiger partial charge is 0.341 e. The molecule has 4 N–H and O–H groups in total. The molecule has 264 valence electrons. The maximum Gasteiger partial charge on any atom is 0.341 e. The van der Waals surface area contributed by atoms with Gasteiger partial charge in [0.15, 0.2) is 18.0 Å². The van der Waals surface area contributed by atoms with Crippen molar-refractivity contribution in [3.63, 3.8) is 0 Å². The Kier molecular flexibility index (Phi) is 11.7. The highest BCUT2D eigenvalue weighted by Crippen LogP contribution is 2.30. The number of carbonyl (C=O) groups is 5. The molecule has 0 radical (unpaired) electrons. The molecule has 0 bridgehead atoms. The van der Waals surface area contributed by atoms with Crippen LogP contribution >= 0.6 is 23.2 Å². The number of benzene rings is 3. The van der Waals surface area contributed by atoms with Gasteiger partial charge in [0.1, 0.15) is 6.04 Å². The molecule has 12 nitrogen and oxygen atoms in total. The minimum atomic E-state index is -1.80. The van der Waals surface area contributed by atoms with Crippen LogP contribution in [0, 0.1) is 5.92 Å². The van der Waals surface area contributed by atoms with Crippen molar-refractivity contribution in [1.82, 2.24) is 21.1 Å². The minimum Gasteiger partial charge on any atom is -0.481 e. The molecule has 2 amide bonds. The lowest BCUT2D eigenvalue weighted by Gasteiger charge is -2.27. The third-order valence-corrected chi connectivity index (χ3v) is 8.81. The molecule has 0 spiro atoms. The van der Waals surface area contributed by atoms with E-state index in [1.807, 2.05) is 26.0 Å². The van der Waals surface area contributed by atoms with E-state index in [1.54, 1.807) is 54.7 Å². The number of hydrogen-bond donors (Lipinski definition) is 4. The summed E-state index contributed by atoms with van der Waals surface area (Å²) >= 11 is 12.1. The first-order chi connectivity index (χ1) is 24.4. The normalized spacial score (nSPS) is 16.5. The zero-order valence-corrected chi connectivity index (χ0v) is 29.0. The van der Waals surface area contributed by atoms with E-state index in [1.165, 1.54) is 24.3 Å². The van der Waals surface area contributed by atoms with Crippen LogP contribution < -0.4 is 16.1 Å². The van der Waals surface area contributed by atoms with Crippen LogP contribution in [0.25, 0.3) is 10.9 Å². The van der Waals surface area contributed by atoms with Gasteiger partial charge in [0.05, 0.1) is 44.8 Å². The third-order valence-electron chi connectivity index (χ3n) is 8.18. The summed E-state index contributed by atoms with van der Waals surface area (Å²) in [7, 11) is 0. The Morgan fingerprint density at radius 1 is 0.922 bits per heavy atom. The molecular weight excluding hydrogens is 699 g/mol. The number of esters is 1. The van der Waals surface area contributed by atoms with Gasteiger partial charge in [-0.3, -0.25) is 34.5 Å². The third kappa shape index (κ3) is 8.72. The molecule has 0 aliphatic carbocycles. The number of hydrogen-bond acceptors (Lipinski definition) is 9. The maximum atomic E-state index is 14.1. The summed E-state index contributed by atoms with van der Waals surface area (Å²) in [5, 5.41) is 15.9. The highest BCUT2D eigenvalue weighted by molar-refractivity contribution is 6.39. The standard InChI is InChI=1S/C37H34Cl2N4O8/c1-21(2)32(42-34(47)24-13-6-11-23-12-8-16-40-33(23)24)28-19-37(51-43-28,18-22-9-4-3-5-10-22)36(49)41-27(17-30(45)46)29(44)20-50-35(48)31-25(38)14-7-15-26(31)39/h3-16,19,21,27,32,43H,17-18,20H2,1-2H3,(H,41,49)(H,42,47)(H,45,46)/t27-,32-,37?/m0/s1. The van der Waals surface area contributed by atoms with Gasteiger partial charge in [0.25, 0.3) is 11.8 Å². The molecule has 3 aromatic carbocycles. The van der Waals surface area contributed by atoms with E-state index in [9.17, 15) is 29.1 Å². The lowest BCUT2D eigenvalue weighted by atomic mass is 9.90. The Labute approximate surface area is 303 Å². The predicted octanol–water partition coefficient (Wildman–Crippen LogP) is 5.08. The number of aliphatic carboxylic acids is 1. The van der Waals surface area contributed by atoms with Gasteiger partial charge >= 0.3 is 11.9 Å². The van der Waals surface area contributed by atoms with Crippen LogP contribution in [0.3, 0.4) is 0 Å². The minimum absolute atomic E-state index is 0.00339. The van der Waals surface area contributed by atoms with Crippen LogP contribution in [0.15, 0.2) is 96.8 Å². The molecule has 1 unspecified atom stereocenters. The van der Waals surface area contributed by atoms with Crippen molar-refractivity contribution in [1.29, 1.82) is 0 Å². The summed E-state index contributed by atoms with van der Waals surface area (Å²) in [5.74, 6) is -4.73. The Bertz CT molecular complexity index is 1980. The number of amides is 2. The number of rotatable bonds is 14. The van der Waals surface area contributed by atoms with E-state index in [4.69, 9.17) is 32.8 Å². The zero-order chi connectivity index (χ0) is 36.7. The molecule has 0 fully saturated rings. The Morgan fingerprint density at radius 3 is 2.29 bits per heavy atom. The van der Waals surface area contributed by atoms with Gasteiger partial charge in [-0.1, -0.05) is 91.6 Å². The average molecular weight is 734 g/mol. The van der Waals surface area contributed by atoms with Crippen LogP contribution in [0.1, 0.15) is 46.5 Å². The number of fused-ring (bicyclic) bond motifs is 1. The van der Waals surface area contributed by atoms with E-state index in [0.717, 1.165) is 5.39 Å². The van der Waals surface area contributed by atoms with Gasteiger partial charge in [-0.15, -0.1) is 0 Å². The van der Waals surface area contributed by atoms with Crippen molar-refractivity contribution in [3.8, 4) is 0 Å². The first-order valence-electron chi connectivity index (χ1n) is 15.9. The number of pyridine rings is 1. The van der Waals surface area contributed by atoms with Gasteiger partial charge < -0.3 is 20.5 Å². The first-order valence-corrected chi connectivity index (χ1v) is 16.7. The second-order valence-electron chi connectivity index (χ2n) is 12.2. The fraction of sp³-hybridized carbons (Fsp3) is 0.243. The van der Waals surface area contributed by atoms with E-state index in [2.05, 4.69) is 21.1 Å². The van der Waals surface area contributed by atoms with Gasteiger partial charge in [-0.05, 0) is 41.8 Å². The molecule has 0 saturated carbocycles. The average Bonchev–Trinajstić information content (AvgIpc) is 3.53. The van der Waals surface area contributed by atoms with Gasteiger partial charge in [-0.2, -0.15) is 0 Å². The van der Waals surface area contributed by atoms with Crippen LogP contribution in [0.2, 0.25) is 10.0 Å². The lowest BCUT2D eigenvalue weighted by Crippen LogP contribution is -2.54. The second-order valence-corrected chi connectivity index (χ2v) is 13.0. The Hall–Kier alpha value is -5.30. The summed E-state index contributed by atoms with van der Waals surface area (Å²) in [5.41, 5.74) is 2.78. The molecule has 1 aromatic heterocycles. The van der Waals surface area contributed by atoms with E-state index in [-0.39, 0.29) is 27.9 Å². The molecule has 51 heavy (non-hydrogen) atoms. The number of aromatic nitrogens is 1.